The Labute approximate surface area is 137 Å². The average Bonchev–Trinajstić information content (AvgIpc) is 2.87. The number of likely N-dealkylation sites (tertiary alicyclic amines) is 1. The SMILES string of the molecule is CN(C)CCC1CCN(CCn2c(=O)oc3ccccc32)CC1. The van der Waals surface area contributed by atoms with Crippen molar-refractivity contribution in [2.24, 2.45) is 5.92 Å². The summed E-state index contributed by atoms with van der Waals surface area (Å²) < 4.78 is 7.05. The van der Waals surface area contributed by atoms with Crippen LogP contribution in [0.25, 0.3) is 11.1 Å². The Hall–Kier alpha value is -1.59. The number of benzene rings is 1. The van der Waals surface area contributed by atoms with Crippen LogP contribution in [-0.4, -0.2) is 54.6 Å². The molecule has 5 heteroatoms. The molecule has 5 nitrogen and oxygen atoms in total. The number of para-hydroxylation sites is 2. The summed E-state index contributed by atoms with van der Waals surface area (Å²) in [5, 5.41) is 0. The smallest absolute Gasteiger partial charge is 0.408 e. The molecule has 2 aromatic rings. The van der Waals surface area contributed by atoms with Crippen molar-refractivity contribution in [3.63, 3.8) is 0 Å². The minimum absolute atomic E-state index is 0.243. The van der Waals surface area contributed by atoms with Crippen LogP contribution < -0.4 is 5.76 Å². The third kappa shape index (κ3) is 4.03. The number of hydrogen-bond acceptors (Lipinski definition) is 4. The predicted molar refractivity (Wildman–Crippen MR) is 92.8 cm³/mol. The van der Waals surface area contributed by atoms with E-state index in [0.717, 1.165) is 31.1 Å². The number of rotatable bonds is 6. The molecule has 126 valence electrons. The van der Waals surface area contributed by atoms with Crippen molar-refractivity contribution in [2.75, 3.05) is 40.3 Å². The second-order valence-corrected chi connectivity index (χ2v) is 6.86. The van der Waals surface area contributed by atoms with Crippen molar-refractivity contribution in [1.29, 1.82) is 0 Å². The van der Waals surface area contributed by atoms with E-state index in [0.29, 0.717) is 12.1 Å². The molecule has 1 fully saturated rings. The average molecular weight is 317 g/mol. The predicted octanol–water partition coefficient (Wildman–Crippen LogP) is 2.26. The molecule has 0 aliphatic carbocycles. The maximum Gasteiger partial charge on any atom is 0.419 e. The van der Waals surface area contributed by atoms with Crippen molar-refractivity contribution in [2.45, 2.75) is 25.8 Å². The van der Waals surface area contributed by atoms with Gasteiger partial charge in [-0.1, -0.05) is 12.1 Å². The van der Waals surface area contributed by atoms with Crippen LogP contribution >= 0.6 is 0 Å². The molecule has 1 aliphatic heterocycles. The van der Waals surface area contributed by atoms with E-state index in [4.69, 9.17) is 4.42 Å². The standard InChI is InChI=1S/C18H27N3O2/c1-19(2)10-7-15-8-11-20(12-9-15)13-14-21-16-5-3-4-6-17(16)23-18(21)22/h3-6,15H,7-14H2,1-2H3. The van der Waals surface area contributed by atoms with E-state index in [1.807, 2.05) is 24.3 Å². The van der Waals surface area contributed by atoms with E-state index >= 15 is 0 Å². The molecule has 1 aliphatic rings. The second kappa shape index (κ2) is 7.32. The fraction of sp³-hybridized carbons (Fsp3) is 0.611. The highest BCUT2D eigenvalue weighted by molar-refractivity contribution is 5.72. The molecular weight excluding hydrogens is 290 g/mol. The number of hydrogen-bond donors (Lipinski definition) is 0. The molecule has 0 atom stereocenters. The van der Waals surface area contributed by atoms with E-state index < -0.39 is 0 Å². The monoisotopic (exact) mass is 317 g/mol. The fourth-order valence-electron chi connectivity index (χ4n) is 3.41. The van der Waals surface area contributed by atoms with Crippen molar-refractivity contribution in [3.8, 4) is 0 Å². The molecular formula is C18H27N3O2. The van der Waals surface area contributed by atoms with Gasteiger partial charge in [0, 0.05) is 13.1 Å². The summed E-state index contributed by atoms with van der Waals surface area (Å²) in [6.07, 6.45) is 3.84. The maximum absolute atomic E-state index is 12.0. The minimum atomic E-state index is -0.243. The summed E-state index contributed by atoms with van der Waals surface area (Å²) in [6, 6.07) is 7.65. The van der Waals surface area contributed by atoms with Gasteiger partial charge in [-0.05, 0) is 71.0 Å². The first-order valence-electron chi connectivity index (χ1n) is 8.59. The van der Waals surface area contributed by atoms with Crippen LogP contribution in [0, 0.1) is 5.92 Å². The van der Waals surface area contributed by atoms with Gasteiger partial charge in [0.15, 0.2) is 5.58 Å². The fourth-order valence-corrected chi connectivity index (χ4v) is 3.41. The molecule has 0 spiro atoms. The lowest BCUT2D eigenvalue weighted by atomic mass is 9.93. The first-order chi connectivity index (χ1) is 11.1. The van der Waals surface area contributed by atoms with Gasteiger partial charge >= 0.3 is 5.76 Å². The van der Waals surface area contributed by atoms with Crippen LogP contribution in [0.2, 0.25) is 0 Å². The van der Waals surface area contributed by atoms with Crippen molar-refractivity contribution >= 4 is 11.1 Å². The van der Waals surface area contributed by atoms with Crippen molar-refractivity contribution in [1.82, 2.24) is 14.4 Å². The van der Waals surface area contributed by atoms with E-state index in [1.165, 1.54) is 25.8 Å². The summed E-state index contributed by atoms with van der Waals surface area (Å²) in [5.74, 6) is 0.609. The van der Waals surface area contributed by atoms with Gasteiger partial charge in [0.25, 0.3) is 0 Å². The zero-order valence-corrected chi connectivity index (χ0v) is 14.2. The highest BCUT2D eigenvalue weighted by Crippen LogP contribution is 2.20. The number of nitrogens with zero attached hydrogens (tertiary/aromatic N) is 3. The summed E-state index contributed by atoms with van der Waals surface area (Å²) >= 11 is 0. The van der Waals surface area contributed by atoms with Crippen molar-refractivity contribution < 1.29 is 4.42 Å². The molecule has 0 N–H and O–H groups in total. The molecule has 0 amide bonds. The maximum atomic E-state index is 12.0. The van der Waals surface area contributed by atoms with Crippen molar-refractivity contribution in [3.05, 3.63) is 34.8 Å². The quantitative estimate of drug-likeness (QED) is 0.819. The second-order valence-electron chi connectivity index (χ2n) is 6.86. The Kier molecular flexibility index (Phi) is 5.18. The highest BCUT2D eigenvalue weighted by Gasteiger charge is 2.19. The van der Waals surface area contributed by atoms with Crippen LogP contribution in [0.1, 0.15) is 19.3 Å². The summed E-state index contributed by atoms with van der Waals surface area (Å²) in [5.41, 5.74) is 1.58. The van der Waals surface area contributed by atoms with E-state index in [9.17, 15) is 4.79 Å². The normalized spacial score (nSPS) is 17.3. The Bertz CT molecular complexity index is 681. The molecule has 23 heavy (non-hydrogen) atoms. The molecule has 0 saturated carbocycles. The zero-order valence-electron chi connectivity index (χ0n) is 14.2. The van der Waals surface area contributed by atoms with Gasteiger partial charge < -0.3 is 14.2 Å². The molecule has 0 bridgehead atoms. The van der Waals surface area contributed by atoms with Gasteiger partial charge in [-0.3, -0.25) is 4.57 Å². The lowest BCUT2D eigenvalue weighted by Crippen LogP contribution is -2.37. The molecule has 1 saturated heterocycles. The van der Waals surface area contributed by atoms with E-state index in [-0.39, 0.29) is 5.76 Å². The van der Waals surface area contributed by atoms with Gasteiger partial charge in [-0.15, -0.1) is 0 Å². The Morgan fingerprint density at radius 2 is 1.91 bits per heavy atom. The summed E-state index contributed by atoms with van der Waals surface area (Å²) in [7, 11) is 4.28. The van der Waals surface area contributed by atoms with Crippen LogP contribution in [0.15, 0.2) is 33.5 Å². The topological polar surface area (TPSA) is 41.6 Å². The summed E-state index contributed by atoms with van der Waals surface area (Å²) in [6.45, 7) is 5.09. The van der Waals surface area contributed by atoms with Crippen LogP contribution in [0.3, 0.4) is 0 Å². The van der Waals surface area contributed by atoms with Gasteiger partial charge in [-0.25, -0.2) is 4.79 Å². The molecule has 0 radical (unpaired) electrons. The first kappa shape index (κ1) is 16.3. The molecule has 2 heterocycles. The molecule has 0 unspecified atom stereocenters. The molecule has 3 rings (SSSR count). The number of oxazole rings is 1. The zero-order chi connectivity index (χ0) is 16.2. The Morgan fingerprint density at radius 1 is 1.17 bits per heavy atom. The lowest BCUT2D eigenvalue weighted by molar-refractivity contribution is 0.167. The lowest BCUT2D eigenvalue weighted by Gasteiger charge is -2.32. The third-order valence-electron chi connectivity index (χ3n) is 4.91. The highest BCUT2D eigenvalue weighted by atomic mass is 16.4. The van der Waals surface area contributed by atoms with E-state index in [2.05, 4.69) is 23.9 Å². The van der Waals surface area contributed by atoms with Gasteiger partial charge in [-0.2, -0.15) is 0 Å². The number of piperidine rings is 1. The Morgan fingerprint density at radius 3 is 2.65 bits per heavy atom. The number of aromatic nitrogens is 1. The summed E-state index contributed by atoms with van der Waals surface area (Å²) in [4.78, 5) is 16.7. The Balaban J connectivity index is 1.51. The minimum Gasteiger partial charge on any atom is -0.408 e. The molecule has 1 aromatic heterocycles. The third-order valence-corrected chi connectivity index (χ3v) is 4.91. The van der Waals surface area contributed by atoms with Gasteiger partial charge in [0.05, 0.1) is 5.52 Å². The first-order valence-corrected chi connectivity index (χ1v) is 8.59. The molecule has 1 aromatic carbocycles. The van der Waals surface area contributed by atoms with Crippen LogP contribution in [0.4, 0.5) is 0 Å². The van der Waals surface area contributed by atoms with Crippen LogP contribution in [0.5, 0.6) is 0 Å². The van der Waals surface area contributed by atoms with E-state index in [1.54, 1.807) is 4.57 Å². The van der Waals surface area contributed by atoms with Gasteiger partial charge in [0.1, 0.15) is 0 Å². The van der Waals surface area contributed by atoms with Crippen LogP contribution in [-0.2, 0) is 6.54 Å². The van der Waals surface area contributed by atoms with Gasteiger partial charge in [0.2, 0.25) is 0 Å². The largest absolute Gasteiger partial charge is 0.419 e. The number of fused-ring (bicyclic) bond motifs is 1.